The molecule has 1 fully saturated rings. The lowest BCUT2D eigenvalue weighted by Crippen LogP contribution is -2.30. The Morgan fingerprint density at radius 1 is 1.35 bits per heavy atom. The van der Waals surface area contributed by atoms with Gasteiger partial charge in [0.05, 0.1) is 6.61 Å². The Kier molecular flexibility index (Phi) is 5.59. The van der Waals surface area contributed by atoms with Crippen molar-refractivity contribution >= 4 is 11.6 Å². The van der Waals surface area contributed by atoms with E-state index in [2.05, 4.69) is 35.1 Å². The van der Waals surface area contributed by atoms with Crippen molar-refractivity contribution in [2.75, 3.05) is 37.0 Å². The summed E-state index contributed by atoms with van der Waals surface area (Å²) in [6.45, 7) is 6.76. The fraction of sp³-hybridized carbons (Fsp3) is 0.733. The minimum atomic E-state index is 0.629. The van der Waals surface area contributed by atoms with Crippen LogP contribution in [0.5, 0.6) is 0 Å². The predicted octanol–water partition coefficient (Wildman–Crippen LogP) is 2.48. The third kappa shape index (κ3) is 4.07. The summed E-state index contributed by atoms with van der Waals surface area (Å²) < 4.78 is 5.23. The molecule has 1 saturated carbocycles. The smallest absolute Gasteiger partial charge is 0.134 e. The lowest BCUT2D eigenvalue weighted by molar-refractivity contribution is 0.204. The van der Waals surface area contributed by atoms with Crippen molar-refractivity contribution < 1.29 is 4.74 Å². The number of aromatic nitrogens is 2. The van der Waals surface area contributed by atoms with Crippen molar-refractivity contribution in [1.82, 2.24) is 9.97 Å². The number of aryl methyl sites for hydroxylation is 1. The fourth-order valence-corrected chi connectivity index (χ4v) is 2.30. The van der Waals surface area contributed by atoms with Crippen LogP contribution in [0.1, 0.15) is 38.9 Å². The average Bonchev–Trinajstić information content (AvgIpc) is 3.24. The molecule has 20 heavy (non-hydrogen) atoms. The molecule has 1 N–H and O–H groups in total. The zero-order valence-corrected chi connectivity index (χ0v) is 12.9. The number of rotatable bonds is 9. The topological polar surface area (TPSA) is 50.3 Å². The van der Waals surface area contributed by atoms with E-state index in [1.807, 2.05) is 0 Å². The maximum absolute atomic E-state index is 5.23. The SMILES string of the molecule is CCCc1nc(NCC)cc(N(CCOC)C2CC2)n1. The zero-order chi connectivity index (χ0) is 14.4. The molecule has 1 aliphatic carbocycles. The Bertz CT molecular complexity index is 396. The van der Waals surface area contributed by atoms with Crippen LogP contribution in [0.3, 0.4) is 0 Å². The van der Waals surface area contributed by atoms with Crippen LogP contribution in [0.2, 0.25) is 0 Å². The van der Waals surface area contributed by atoms with Gasteiger partial charge in [-0.05, 0) is 26.2 Å². The maximum atomic E-state index is 5.23. The molecule has 5 nitrogen and oxygen atoms in total. The van der Waals surface area contributed by atoms with Gasteiger partial charge in [-0.15, -0.1) is 0 Å². The van der Waals surface area contributed by atoms with Gasteiger partial charge in [-0.25, -0.2) is 9.97 Å². The van der Waals surface area contributed by atoms with Gasteiger partial charge >= 0.3 is 0 Å². The second kappa shape index (κ2) is 7.43. The van der Waals surface area contributed by atoms with Crippen molar-refractivity contribution in [3.63, 3.8) is 0 Å². The van der Waals surface area contributed by atoms with Crippen LogP contribution >= 0.6 is 0 Å². The van der Waals surface area contributed by atoms with E-state index in [4.69, 9.17) is 9.72 Å². The molecule has 1 heterocycles. The van der Waals surface area contributed by atoms with Crippen LogP contribution in [0.25, 0.3) is 0 Å². The van der Waals surface area contributed by atoms with Crippen LogP contribution in [-0.2, 0) is 11.2 Å². The summed E-state index contributed by atoms with van der Waals surface area (Å²) in [5.41, 5.74) is 0. The Morgan fingerprint density at radius 3 is 2.75 bits per heavy atom. The molecule has 0 saturated heterocycles. The van der Waals surface area contributed by atoms with E-state index in [0.29, 0.717) is 6.04 Å². The molecular weight excluding hydrogens is 252 g/mol. The summed E-state index contributed by atoms with van der Waals surface area (Å²) in [6.07, 6.45) is 4.51. The fourth-order valence-electron chi connectivity index (χ4n) is 2.30. The minimum absolute atomic E-state index is 0.629. The summed E-state index contributed by atoms with van der Waals surface area (Å²) >= 11 is 0. The lowest BCUT2D eigenvalue weighted by atomic mass is 10.3. The van der Waals surface area contributed by atoms with Gasteiger partial charge in [0.2, 0.25) is 0 Å². The summed E-state index contributed by atoms with van der Waals surface area (Å²) in [7, 11) is 1.75. The molecule has 0 atom stereocenters. The van der Waals surface area contributed by atoms with Gasteiger partial charge < -0.3 is 15.0 Å². The van der Waals surface area contributed by atoms with Crippen LogP contribution in [0.15, 0.2) is 6.07 Å². The molecule has 1 aliphatic rings. The van der Waals surface area contributed by atoms with E-state index in [-0.39, 0.29) is 0 Å². The third-order valence-corrected chi connectivity index (χ3v) is 3.41. The number of nitrogens with zero attached hydrogens (tertiary/aromatic N) is 3. The van der Waals surface area contributed by atoms with E-state index >= 15 is 0 Å². The molecule has 0 aromatic carbocycles. The zero-order valence-electron chi connectivity index (χ0n) is 12.9. The maximum Gasteiger partial charge on any atom is 0.134 e. The van der Waals surface area contributed by atoms with Gasteiger partial charge in [-0.3, -0.25) is 0 Å². The number of ether oxygens (including phenoxy) is 1. The lowest BCUT2D eigenvalue weighted by Gasteiger charge is -2.24. The molecular formula is C15H26N4O. The Balaban J connectivity index is 2.21. The molecule has 0 spiro atoms. The largest absolute Gasteiger partial charge is 0.383 e. The molecule has 0 unspecified atom stereocenters. The standard InChI is InChI=1S/C15H26N4O/c1-4-6-13-17-14(16-5-2)11-15(18-13)19(9-10-20-3)12-7-8-12/h11-12H,4-10H2,1-3H3,(H,16,17,18). The highest BCUT2D eigenvalue weighted by molar-refractivity contribution is 5.51. The van der Waals surface area contributed by atoms with Crippen molar-refractivity contribution in [3.05, 3.63) is 11.9 Å². The highest BCUT2D eigenvalue weighted by Gasteiger charge is 2.30. The van der Waals surface area contributed by atoms with Gasteiger partial charge in [0.15, 0.2) is 0 Å². The van der Waals surface area contributed by atoms with Crippen LogP contribution in [0.4, 0.5) is 11.6 Å². The first-order valence-corrected chi connectivity index (χ1v) is 7.65. The summed E-state index contributed by atoms with van der Waals surface area (Å²) in [5, 5.41) is 3.31. The van der Waals surface area contributed by atoms with Gasteiger partial charge in [-0.2, -0.15) is 0 Å². The number of nitrogens with one attached hydrogen (secondary N) is 1. The second-order valence-electron chi connectivity index (χ2n) is 5.23. The monoisotopic (exact) mass is 278 g/mol. The van der Waals surface area contributed by atoms with Crippen molar-refractivity contribution in [1.29, 1.82) is 0 Å². The van der Waals surface area contributed by atoms with Gasteiger partial charge in [0, 0.05) is 38.7 Å². The van der Waals surface area contributed by atoms with E-state index in [1.54, 1.807) is 7.11 Å². The molecule has 0 bridgehead atoms. The van der Waals surface area contributed by atoms with Gasteiger partial charge in [0.1, 0.15) is 17.5 Å². The Labute approximate surface area is 121 Å². The van der Waals surface area contributed by atoms with Crippen molar-refractivity contribution in [3.8, 4) is 0 Å². The number of hydrogen-bond donors (Lipinski definition) is 1. The predicted molar refractivity (Wildman–Crippen MR) is 82.4 cm³/mol. The number of hydrogen-bond acceptors (Lipinski definition) is 5. The van der Waals surface area contributed by atoms with Crippen LogP contribution in [-0.4, -0.2) is 42.8 Å². The quantitative estimate of drug-likeness (QED) is 0.752. The van der Waals surface area contributed by atoms with E-state index in [0.717, 1.165) is 50.0 Å². The average molecular weight is 278 g/mol. The Morgan fingerprint density at radius 2 is 2.15 bits per heavy atom. The molecule has 1 aromatic rings. The molecule has 5 heteroatoms. The van der Waals surface area contributed by atoms with Crippen molar-refractivity contribution in [2.24, 2.45) is 0 Å². The molecule has 0 aliphatic heterocycles. The highest BCUT2D eigenvalue weighted by atomic mass is 16.5. The number of anilines is 2. The minimum Gasteiger partial charge on any atom is -0.383 e. The first-order valence-electron chi connectivity index (χ1n) is 7.65. The van der Waals surface area contributed by atoms with Crippen LogP contribution in [0, 0.1) is 0 Å². The van der Waals surface area contributed by atoms with E-state index in [1.165, 1.54) is 12.8 Å². The van der Waals surface area contributed by atoms with Crippen molar-refractivity contribution in [2.45, 2.75) is 45.6 Å². The molecule has 0 amide bonds. The number of methoxy groups -OCH3 is 1. The Hall–Kier alpha value is -1.36. The molecule has 1 aromatic heterocycles. The summed E-state index contributed by atoms with van der Waals surface area (Å²) in [4.78, 5) is 11.7. The highest BCUT2D eigenvalue weighted by Crippen LogP contribution is 2.31. The molecule has 0 radical (unpaired) electrons. The molecule has 2 rings (SSSR count). The molecule has 112 valence electrons. The van der Waals surface area contributed by atoms with E-state index < -0.39 is 0 Å². The van der Waals surface area contributed by atoms with E-state index in [9.17, 15) is 0 Å². The summed E-state index contributed by atoms with van der Waals surface area (Å²) in [6, 6.07) is 2.69. The first kappa shape index (κ1) is 15.0. The normalized spacial score (nSPS) is 14.3. The second-order valence-corrected chi connectivity index (χ2v) is 5.23. The first-order chi connectivity index (χ1) is 9.78. The van der Waals surface area contributed by atoms with Gasteiger partial charge in [-0.1, -0.05) is 6.92 Å². The summed E-state index contributed by atoms with van der Waals surface area (Å²) in [5.74, 6) is 2.91. The van der Waals surface area contributed by atoms with Gasteiger partial charge in [0.25, 0.3) is 0 Å². The van der Waals surface area contributed by atoms with Crippen LogP contribution < -0.4 is 10.2 Å². The third-order valence-electron chi connectivity index (χ3n) is 3.41.